The predicted octanol–water partition coefficient (Wildman–Crippen LogP) is 2.26. The van der Waals surface area contributed by atoms with Crippen LogP contribution in [0.2, 0.25) is 0 Å². The third kappa shape index (κ3) is 4.09. The molecule has 2 bridgehead atoms. The fraction of sp³-hybridized carbons (Fsp3) is 0.480. The molecule has 3 amide bonds. The molecule has 1 fully saturated rings. The van der Waals surface area contributed by atoms with Gasteiger partial charge in [-0.1, -0.05) is 19.1 Å². The largest absolute Gasteiger partial charge is 0.396 e. The summed E-state index contributed by atoms with van der Waals surface area (Å²) >= 11 is 0. The van der Waals surface area contributed by atoms with Crippen molar-refractivity contribution in [2.75, 3.05) is 13.2 Å². The molecule has 9 heteroatoms. The van der Waals surface area contributed by atoms with Crippen molar-refractivity contribution in [3.8, 4) is 11.1 Å². The summed E-state index contributed by atoms with van der Waals surface area (Å²) < 4.78 is 15.0. The van der Waals surface area contributed by atoms with Crippen LogP contribution in [0.4, 0.5) is 9.18 Å². The smallest absolute Gasteiger partial charge is 0.318 e. The lowest BCUT2D eigenvalue weighted by Crippen LogP contribution is -2.53. The van der Waals surface area contributed by atoms with Crippen LogP contribution in [0.1, 0.15) is 38.9 Å². The molecule has 4 atom stereocenters. The van der Waals surface area contributed by atoms with Crippen molar-refractivity contribution < 1.29 is 19.1 Å². The van der Waals surface area contributed by atoms with Gasteiger partial charge < -0.3 is 25.2 Å². The monoisotopic (exact) mass is 470 g/mol. The zero-order chi connectivity index (χ0) is 24.6. The number of carbonyl (C=O) groups excluding carboxylic acids is 2. The zero-order valence-corrected chi connectivity index (χ0v) is 19.6. The minimum absolute atomic E-state index is 0.114. The number of halogens is 1. The summed E-state index contributed by atoms with van der Waals surface area (Å²) in [6.45, 7) is 6.01. The number of aliphatic hydroxyl groups excluding tert-OH is 1. The van der Waals surface area contributed by atoms with Crippen LogP contribution >= 0.6 is 0 Å². The Bertz CT molecular complexity index is 1130. The number of benzene rings is 1. The number of hydrogen-bond acceptors (Lipinski definition) is 4. The number of nitrogens with one attached hydrogen (secondary N) is 2. The van der Waals surface area contributed by atoms with Crippen LogP contribution in [0.15, 0.2) is 41.2 Å². The number of nitrogens with zero attached hydrogens (tertiary/aromatic N) is 2. The van der Waals surface area contributed by atoms with E-state index in [2.05, 4.69) is 10.6 Å². The molecule has 2 aliphatic heterocycles. The van der Waals surface area contributed by atoms with Crippen LogP contribution in [-0.2, 0) is 11.3 Å². The van der Waals surface area contributed by atoms with Gasteiger partial charge in [-0.15, -0.1) is 0 Å². The van der Waals surface area contributed by atoms with E-state index in [4.69, 9.17) is 0 Å². The first-order chi connectivity index (χ1) is 16.3. The third-order valence-electron chi connectivity index (χ3n) is 6.70. The summed E-state index contributed by atoms with van der Waals surface area (Å²) in [5.74, 6) is -1.84. The van der Waals surface area contributed by atoms with Gasteiger partial charge in [-0.25, -0.2) is 9.18 Å². The van der Waals surface area contributed by atoms with Crippen LogP contribution in [0.25, 0.3) is 11.1 Å². The van der Waals surface area contributed by atoms with E-state index in [-0.39, 0.29) is 36.7 Å². The molecule has 0 aliphatic carbocycles. The second-order valence-electron chi connectivity index (χ2n) is 9.28. The molecule has 0 saturated carbocycles. The van der Waals surface area contributed by atoms with Crippen molar-refractivity contribution >= 4 is 11.9 Å². The van der Waals surface area contributed by atoms with Crippen molar-refractivity contribution in [1.82, 2.24) is 20.1 Å². The molecule has 2 aliphatic rings. The number of fused-ring (bicyclic) bond motifs is 4. The first-order valence-electron chi connectivity index (χ1n) is 11.8. The molecule has 0 spiro atoms. The molecule has 1 aromatic heterocycles. The topological polar surface area (TPSA) is 104 Å². The van der Waals surface area contributed by atoms with Crippen LogP contribution in [0.5, 0.6) is 0 Å². The van der Waals surface area contributed by atoms with Crippen LogP contribution in [0, 0.1) is 17.7 Å². The minimum atomic E-state index is -0.693. The maximum absolute atomic E-state index is 13.5. The first-order valence-corrected chi connectivity index (χ1v) is 11.8. The zero-order valence-electron chi connectivity index (χ0n) is 19.6. The Labute approximate surface area is 197 Å². The minimum Gasteiger partial charge on any atom is -0.396 e. The van der Waals surface area contributed by atoms with Gasteiger partial charge in [0.05, 0.1) is 18.0 Å². The highest BCUT2D eigenvalue weighted by atomic mass is 19.1. The molecule has 0 radical (unpaired) electrons. The molecule has 8 nitrogen and oxygen atoms in total. The lowest BCUT2D eigenvalue weighted by molar-refractivity contribution is -0.127. The van der Waals surface area contributed by atoms with Crippen molar-refractivity contribution in [1.29, 1.82) is 0 Å². The third-order valence-corrected chi connectivity index (χ3v) is 6.70. The highest BCUT2D eigenvalue weighted by Gasteiger charge is 2.57. The average Bonchev–Trinajstić information content (AvgIpc) is 3.05. The first kappa shape index (κ1) is 23.9. The lowest BCUT2D eigenvalue weighted by atomic mass is 9.86. The fourth-order valence-electron chi connectivity index (χ4n) is 5.22. The number of hydrogen-bond donors (Lipinski definition) is 3. The lowest BCUT2D eigenvalue weighted by Gasteiger charge is -2.38. The molecule has 2 aromatic rings. The normalized spacial score (nSPS) is 23.1. The summed E-state index contributed by atoms with van der Waals surface area (Å²) in [4.78, 5) is 41.6. The molecular weight excluding hydrogens is 439 g/mol. The van der Waals surface area contributed by atoms with Crippen molar-refractivity contribution in [3.05, 3.63) is 58.3 Å². The van der Waals surface area contributed by atoms with E-state index in [0.29, 0.717) is 23.4 Å². The second kappa shape index (κ2) is 9.58. The summed E-state index contributed by atoms with van der Waals surface area (Å²) in [6, 6.07) is 7.47. The maximum Gasteiger partial charge on any atom is 0.318 e. The molecule has 4 rings (SSSR count). The molecule has 0 unspecified atom stereocenters. The Balaban J connectivity index is 1.83. The van der Waals surface area contributed by atoms with Gasteiger partial charge in [-0.05, 0) is 50.1 Å². The van der Waals surface area contributed by atoms with Crippen LogP contribution < -0.4 is 16.2 Å². The molecular formula is C25H31FN4O4. The number of rotatable bonds is 6. The Kier molecular flexibility index (Phi) is 6.74. The highest BCUT2D eigenvalue weighted by molar-refractivity contribution is 5.84. The molecule has 3 N–H and O–H groups in total. The SMILES string of the molecule is CCCNC(=O)[C@@H]1[C@@H](CO)[C@@H]2Cn3c(ccc(-c4ccc(F)cc4)c3=O)[C@H]1N2C(=O)NC(C)C. The van der Waals surface area contributed by atoms with Gasteiger partial charge in [0.2, 0.25) is 5.91 Å². The second-order valence-corrected chi connectivity index (χ2v) is 9.28. The van der Waals surface area contributed by atoms with Gasteiger partial charge in [0, 0.05) is 42.9 Å². The van der Waals surface area contributed by atoms with E-state index in [1.807, 2.05) is 20.8 Å². The van der Waals surface area contributed by atoms with Gasteiger partial charge in [-0.2, -0.15) is 0 Å². The molecule has 1 saturated heterocycles. The van der Waals surface area contributed by atoms with Crippen molar-refractivity contribution in [2.24, 2.45) is 11.8 Å². The number of aromatic nitrogens is 1. The Morgan fingerprint density at radius 3 is 2.50 bits per heavy atom. The number of pyridine rings is 1. The van der Waals surface area contributed by atoms with E-state index >= 15 is 0 Å². The standard InChI is InChI=1S/C25H31FN4O4/c1-4-11-27-23(32)21-18(13-31)20-12-29-19(22(21)30(20)25(34)28-14(2)3)10-9-17(24(29)33)15-5-7-16(26)8-6-15/h5-10,14,18,20-22,31H,4,11-13H2,1-3H3,(H,27,32)(H,28,34)/t18-,20-,21+,22+/m0/s1. The van der Waals surface area contributed by atoms with Crippen molar-refractivity contribution in [2.45, 2.75) is 51.9 Å². The number of amides is 3. The molecule has 1 aromatic carbocycles. The summed E-state index contributed by atoms with van der Waals surface area (Å²) in [6.07, 6.45) is 0.755. The summed E-state index contributed by atoms with van der Waals surface area (Å²) in [7, 11) is 0. The molecule has 34 heavy (non-hydrogen) atoms. The Hall–Kier alpha value is -3.20. The fourth-order valence-corrected chi connectivity index (χ4v) is 5.22. The van der Waals surface area contributed by atoms with Crippen molar-refractivity contribution in [3.63, 3.8) is 0 Å². The quantitative estimate of drug-likeness (QED) is 0.603. The number of carbonyl (C=O) groups is 2. The van der Waals surface area contributed by atoms with Crippen LogP contribution in [0.3, 0.4) is 0 Å². The summed E-state index contributed by atoms with van der Waals surface area (Å²) in [5, 5.41) is 16.1. The van der Waals surface area contributed by atoms with Gasteiger partial charge in [0.25, 0.3) is 5.56 Å². The average molecular weight is 471 g/mol. The van der Waals surface area contributed by atoms with E-state index in [1.165, 1.54) is 12.1 Å². The molecule has 3 heterocycles. The maximum atomic E-state index is 13.5. The van der Waals surface area contributed by atoms with Gasteiger partial charge >= 0.3 is 6.03 Å². The van der Waals surface area contributed by atoms with E-state index in [0.717, 1.165) is 6.42 Å². The Morgan fingerprint density at radius 1 is 1.18 bits per heavy atom. The van der Waals surface area contributed by atoms with E-state index in [1.54, 1.807) is 33.7 Å². The van der Waals surface area contributed by atoms with E-state index in [9.17, 15) is 23.9 Å². The summed E-state index contributed by atoms with van der Waals surface area (Å²) in [5.41, 5.74) is 1.29. The number of aliphatic hydroxyl groups is 1. The molecule has 182 valence electrons. The van der Waals surface area contributed by atoms with Gasteiger partial charge in [-0.3, -0.25) is 9.59 Å². The van der Waals surface area contributed by atoms with Crippen LogP contribution in [-0.4, -0.2) is 51.7 Å². The Morgan fingerprint density at radius 2 is 1.88 bits per heavy atom. The van der Waals surface area contributed by atoms with E-state index < -0.39 is 29.7 Å². The highest BCUT2D eigenvalue weighted by Crippen LogP contribution is 2.48. The van der Waals surface area contributed by atoms with Gasteiger partial charge in [0.1, 0.15) is 5.82 Å². The number of urea groups is 1. The van der Waals surface area contributed by atoms with Gasteiger partial charge in [0.15, 0.2) is 0 Å². The predicted molar refractivity (Wildman–Crippen MR) is 125 cm³/mol.